The van der Waals surface area contributed by atoms with Crippen LogP contribution in [0.3, 0.4) is 0 Å². The number of hydrogen-bond acceptors (Lipinski definition) is 3. The predicted octanol–water partition coefficient (Wildman–Crippen LogP) is 2.93. The Morgan fingerprint density at radius 1 is 1.24 bits per heavy atom. The number of aliphatic hydroxyl groups excluding tert-OH is 1. The van der Waals surface area contributed by atoms with E-state index >= 15 is 0 Å². The van der Waals surface area contributed by atoms with Crippen molar-refractivity contribution in [1.82, 2.24) is 9.80 Å². The molecule has 0 radical (unpaired) electrons. The zero-order chi connectivity index (χ0) is 14.7. The molecule has 3 nitrogen and oxygen atoms in total. The molecule has 0 aromatic heterocycles. The molecule has 2 aliphatic heterocycles. The first kappa shape index (κ1) is 15.3. The Morgan fingerprint density at radius 3 is 3.00 bits per heavy atom. The van der Waals surface area contributed by atoms with Crippen LogP contribution < -0.4 is 0 Å². The fourth-order valence-corrected chi connectivity index (χ4v) is 3.81. The van der Waals surface area contributed by atoms with E-state index < -0.39 is 6.10 Å². The first-order valence-electron chi connectivity index (χ1n) is 8.12. The van der Waals surface area contributed by atoms with Gasteiger partial charge in [0.25, 0.3) is 0 Å². The molecule has 2 atom stereocenters. The summed E-state index contributed by atoms with van der Waals surface area (Å²) in [5, 5.41) is 11.0. The summed E-state index contributed by atoms with van der Waals surface area (Å²) in [5.41, 5.74) is 0.929. The predicted molar refractivity (Wildman–Crippen MR) is 86.7 cm³/mol. The second-order valence-corrected chi connectivity index (χ2v) is 6.78. The number of halogens is 1. The number of rotatable bonds is 4. The molecule has 0 bridgehead atoms. The maximum atomic E-state index is 10.3. The second kappa shape index (κ2) is 7.10. The molecule has 3 rings (SSSR count). The summed E-state index contributed by atoms with van der Waals surface area (Å²) in [7, 11) is 0. The van der Waals surface area contributed by atoms with Crippen molar-refractivity contribution in [3.63, 3.8) is 0 Å². The lowest BCUT2D eigenvalue weighted by Gasteiger charge is -2.44. The van der Waals surface area contributed by atoms with Crippen LogP contribution in [-0.4, -0.2) is 53.7 Å². The first-order chi connectivity index (χ1) is 10.2. The van der Waals surface area contributed by atoms with E-state index in [0.29, 0.717) is 5.02 Å². The number of piperazine rings is 1. The van der Waals surface area contributed by atoms with E-state index in [9.17, 15) is 5.11 Å². The molecular weight excluding hydrogens is 284 g/mol. The smallest absolute Gasteiger partial charge is 0.0802 e. The van der Waals surface area contributed by atoms with Gasteiger partial charge in [-0.2, -0.15) is 0 Å². The van der Waals surface area contributed by atoms with E-state index in [4.69, 9.17) is 11.6 Å². The van der Waals surface area contributed by atoms with Crippen LogP contribution >= 0.6 is 11.6 Å². The number of aliphatic hydroxyl groups is 1. The monoisotopic (exact) mass is 308 g/mol. The molecule has 116 valence electrons. The van der Waals surface area contributed by atoms with E-state index in [-0.39, 0.29) is 0 Å². The van der Waals surface area contributed by atoms with Crippen LogP contribution in [0, 0.1) is 0 Å². The van der Waals surface area contributed by atoms with Gasteiger partial charge in [-0.05, 0) is 43.5 Å². The minimum absolute atomic E-state index is 0.409. The van der Waals surface area contributed by atoms with E-state index in [1.807, 2.05) is 24.3 Å². The highest BCUT2D eigenvalue weighted by molar-refractivity contribution is 6.30. The highest BCUT2D eigenvalue weighted by Gasteiger charge is 2.28. The molecule has 1 aromatic carbocycles. The third-order valence-electron chi connectivity index (χ3n) is 4.87. The highest BCUT2D eigenvalue weighted by Crippen LogP contribution is 2.23. The maximum absolute atomic E-state index is 10.3. The van der Waals surface area contributed by atoms with Gasteiger partial charge in [0.05, 0.1) is 6.10 Å². The lowest BCUT2D eigenvalue weighted by molar-refractivity contribution is 0.0405. The van der Waals surface area contributed by atoms with Gasteiger partial charge < -0.3 is 10.0 Å². The van der Waals surface area contributed by atoms with Crippen LogP contribution in [0.5, 0.6) is 0 Å². The minimum Gasteiger partial charge on any atom is -0.388 e. The number of benzene rings is 1. The largest absolute Gasteiger partial charge is 0.388 e. The van der Waals surface area contributed by atoms with Crippen LogP contribution in [0.2, 0.25) is 5.02 Å². The fourth-order valence-electron chi connectivity index (χ4n) is 3.61. The SMILES string of the molecule is OC(CCN1CCN2CCCCC2C1)c1cccc(Cl)c1. The lowest BCUT2D eigenvalue weighted by atomic mass is 9.99. The molecular formula is C17H25ClN2O. The van der Waals surface area contributed by atoms with Gasteiger partial charge in [-0.1, -0.05) is 30.2 Å². The third kappa shape index (κ3) is 3.98. The Bertz CT molecular complexity index is 468. The molecule has 2 aliphatic rings. The molecule has 4 heteroatoms. The standard InChI is InChI=1S/C17H25ClN2O/c18-15-5-3-4-14(12-15)17(21)7-9-19-10-11-20-8-2-1-6-16(20)13-19/h3-5,12,16-17,21H,1-2,6-11,13H2. The van der Waals surface area contributed by atoms with Gasteiger partial charge in [0.15, 0.2) is 0 Å². The molecule has 2 saturated heterocycles. The number of fused-ring (bicyclic) bond motifs is 1. The summed E-state index contributed by atoms with van der Waals surface area (Å²) in [4.78, 5) is 5.16. The lowest BCUT2D eigenvalue weighted by Crippen LogP contribution is -2.54. The summed E-state index contributed by atoms with van der Waals surface area (Å²) < 4.78 is 0. The number of piperidine rings is 1. The molecule has 1 N–H and O–H groups in total. The van der Waals surface area contributed by atoms with Crippen LogP contribution in [0.1, 0.15) is 37.4 Å². The highest BCUT2D eigenvalue weighted by atomic mass is 35.5. The van der Waals surface area contributed by atoms with Gasteiger partial charge in [0.1, 0.15) is 0 Å². The van der Waals surface area contributed by atoms with E-state index in [1.165, 1.54) is 38.9 Å². The van der Waals surface area contributed by atoms with E-state index in [0.717, 1.165) is 31.1 Å². The fraction of sp³-hybridized carbons (Fsp3) is 0.647. The van der Waals surface area contributed by atoms with Crippen LogP contribution in [0.4, 0.5) is 0 Å². The van der Waals surface area contributed by atoms with Gasteiger partial charge in [0, 0.05) is 37.2 Å². The van der Waals surface area contributed by atoms with E-state index in [1.54, 1.807) is 0 Å². The second-order valence-electron chi connectivity index (χ2n) is 6.35. The van der Waals surface area contributed by atoms with Crippen LogP contribution in [0.15, 0.2) is 24.3 Å². The van der Waals surface area contributed by atoms with Gasteiger partial charge >= 0.3 is 0 Å². The number of nitrogens with zero attached hydrogens (tertiary/aromatic N) is 2. The Labute approximate surface area is 132 Å². The van der Waals surface area contributed by atoms with Gasteiger partial charge in [-0.25, -0.2) is 0 Å². The quantitative estimate of drug-likeness (QED) is 0.926. The number of hydrogen-bond donors (Lipinski definition) is 1. The molecule has 0 aliphatic carbocycles. The first-order valence-corrected chi connectivity index (χ1v) is 8.50. The molecule has 1 aromatic rings. The molecule has 2 fully saturated rings. The summed E-state index contributed by atoms with van der Waals surface area (Å²) in [6.45, 7) is 5.75. The molecule has 0 spiro atoms. The Morgan fingerprint density at radius 2 is 2.14 bits per heavy atom. The van der Waals surface area contributed by atoms with Crippen molar-refractivity contribution in [2.24, 2.45) is 0 Å². The molecule has 0 amide bonds. The summed E-state index contributed by atoms with van der Waals surface area (Å²) in [6, 6.07) is 8.32. The van der Waals surface area contributed by atoms with Crippen molar-refractivity contribution in [2.45, 2.75) is 37.8 Å². The Hall–Kier alpha value is -0.610. The van der Waals surface area contributed by atoms with E-state index in [2.05, 4.69) is 9.80 Å². The topological polar surface area (TPSA) is 26.7 Å². The van der Waals surface area contributed by atoms with Crippen molar-refractivity contribution in [2.75, 3.05) is 32.7 Å². The zero-order valence-corrected chi connectivity index (χ0v) is 13.3. The van der Waals surface area contributed by atoms with Crippen molar-refractivity contribution in [3.8, 4) is 0 Å². The Kier molecular flexibility index (Phi) is 5.17. The van der Waals surface area contributed by atoms with Crippen molar-refractivity contribution in [1.29, 1.82) is 0 Å². The van der Waals surface area contributed by atoms with Crippen molar-refractivity contribution >= 4 is 11.6 Å². The van der Waals surface area contributed by atoms with Crippen LogP contribution in [0.25, 0.3) is 0 Å². The van der Waals surface area contributed by atoms with Gasteiger partial charge in [-0.15, -0.1) is 0 Å². The average molecular weight is 309 g/mol. The molecule has 2 heterocycles. The van der Waals surface area contributed by atoms with Gasteiger partial charge in [0.2, 0.25) is 0 Å². The molecule has 2 unspecified atom stereocenters. The van der Waals surface area contributed by atoms with Gasteiger partial charge in [-0.3, -0.25) is 4.90 Å². The normalized spacial score (nSPS) is 25.5. The zero-order valence-electron chi connectivity index (χ0n) is 12.5. The minimum atomic E-state index is -0.409. The third-order valence-corrected chi connectivity index (χ3v) is 5.11. The summed E-state index contributed by atoms with van der Waals surface area (Å²) in [5.74, 6) is 0. The average Bonchev–Trinajstić information content (AvgIpc) is 2.52. The van der Waals surface area contributed by atoms with Crippen LogP contribution in [-0.2, 0) is 0 Å². The summed E-state index contributed by atoms with van der Waals surface area (Å²) >= 11 is 5.99. The van der Waals surface area contributed by atoms with Crippen molar-refractivity contribution < 1.29 is 5.11 Å². The summed E-state index contributed by atoms with van der Waals surface area (Å²) in [6.07, 6.45) is 4.46. The maximum Gasteiger partial charge on any atom is 0.0802 e. The Balaban J connectivity index is 1.49. The molecule has 0 saturated carbocycles. The van der Waals surface area contributed by atoms with Crippen molar-refractivity contribution in [3.05, 3.63) is 34.9 Å². The molecule has 21 heavy (non-hydrogen) atoms.